The molecule has 0 unspecified atom stereocenters. The standard InChI is InChI=1S/C33H38FN5O3.ClH/c1-22-5-6-27(17-36-22)37-11-3-4-28(21-37)38(18-24-9-10-35-23(2)14-24)19-25-20-39(26-7-8-26)31-16-32(42-13-12-40)30(34)15-29(31)33(25)41;/h5-6,9-10,14-17,20,26,28,40H,3-4,7-8,11-13,18-19,21H2,1-2H3;1H/t28-;/m0./s1. The maximum atomic E-state index is 15.0. The van der Waals surface area contributed by atoms with Crippen LogP contribution in [0, 0.1) is 19.7 Å². The Morgan fingerprint density at radius 3 is 2.63 bits per heavy atom. The van der Waals surface area contributed by atoms with E-state index in [0.29, 0.717) is 29.6 Å². The quantitative estimate of drug-likeness (QED) is 0.260. The summed E-state index contributed by atoms with van der Waals surface area (Å²) in [5.74, 6) is -0.535. The molecule has 1 atom stereocenters. The third kappa shape index (κ3) is 7.00. The van der Waals surface area contributed by atoms with Crippen LogP contribution in [0.15, 0.2) is 59.8 Å². The number of hydrogen-bond acceptors (Lipinski definition) is 7. The molecule has 0 spiro atoms. The number of pyridine rings is 3. The smallest absolute Gasteiger partial charge is 0.193 e. The number of aromatic nitrogens is 3. The molecule has 43 heavy (non-hydrogen) atoms. The van der Waals surface area contributed by atoms with Crippen molar-refractivity contribution in [2.75, 3.05) is 31.2 Å². The number of fused-ring (bicyclic) bond motifs is 1. The third-order valence-corrected chi connectivity index (χ3v) is 8.34. The Kier molecular flexibility index (Phi) is 9.64. The normalized spacial score (nSPS) is 16.9. The van der Waals surface area contributed by atoms with Crippen molar-refractivity contribution in [2.24, 2.45) is 0 Å². The van der Waals surface area contributed by atoms with Crippen LogP contribution in [0.3, 0.4) is 0 Å². The summed E-state index contributed by atoms with van der Waals surface area (Å²) in [6.07, 6.45) is 9.85. The summed E-state index contributed by atoms with van der Waals surface area (Å²) < 4.78 is 22.6. The van der Waals surface area contributed by atoms with E-state index in [1.807, 2.05) is 44.6 Å². The fourth-order valence-electron chi connectivity index (χ4n) is 6.05. The van der Waals surface area contributed by atoms with Gasteiger partial charge in [0.1, 0.15) is 6.61 Å². The average molecular weight is 608 g/mol. The first-order valence-corrected chi connectivity index (χ1v) is 14.8. The van der Waals surface area contributed by atoms with Gasteiger partial charge in [-0.1, -0.05) is 0 Å². The molecule has 1 aromatic carbocycles. The van der Waals surface area contributed by atoms with Gasteiger partial charge in [-0.2, -0.15) is 0 Å². The third-order valence-electron chi connectivity index (χ3n) is 8.34. The van der Waals surface area contributed by atoms with Gasteiger partial charge in [-0.05, 0) is 75.4 Å². The molecule has 228 valence electrons. The number of aryl methyl sites for hydroxylation is 2. The van der Waals surface area contributed by atoms with Crippen LogP contribution >= 0.6 is 12.4 Å². The highest BCUT2D eigenvalue weighted by Gasteiger charge is 2.30. The predicted molar refractivity (Wildman–Crippen MR) is 169 cm³/mol. The molecule has 1 aliphatic carbocycles. The maximum absolute atomic E-state index is 15.0. The van der Waals surface area contributed by atoms with Crippen molar-refractivity contribution < 1.29 is 14.2 Å². The van der Waals surface area contributed by atoms with Crippen molar-refractivity contribution in [1.82, 2.24) is 19.4 Å². The average Bonchev–Trinajstić information content (AvgIpc) is 3.83. The molecular formula is C33H39ClFN5O3. The van der Waals surface area contributed by atoms with Crippen LogP contribution in [0.25, 0.3) is 10.9 Å². The molecule has 6 rings (SSSR count). The van der Waals surface area contributed by atoms with Crippen molar-refractivity contribution >= 4 is 29.0 Å². The zero-order valence-corrected chi connectivity index (χ0v) is 25.5. The van der Waals surface area contributed by atoms with Gasteiger partial charge in [-0.15, -0.1) is 12.4 Å². The summed E-state index contributed by atoms with van der Waals surface area (Å²) in [6.45, 7) is 6.70. The Hall–Kier alpha value is -3.53. The number of hydrogen-bond donors (Lipinski definition) is 1. The number of nitrogens with zero attached hydrogens (tertiary/aromatic N) is 5. The van der Waals surface area contributed by atoms with Crippen LogP contribution in [-0.4, -0.2) is 56.9 Å². The number of aliphatic hydroxyl groups excluding tert-OH is 1. The van der Waals surface area contributed by atoms with Gasteiger partial charge in [-0.3, -0.25) is 19.7 Å². The second kappa shape index (κ2) is 13.4. The Morgan fingerprint density at radius 1 is 1.07 bits per heavy atom. The van der Waals surface area contributed by atoms with Gasteiger partial charge >= 0.3 is 0 Å². The molecular weight excluding hydrogens is 569 g/mol. The van der Waals surface area contributed by atoms with Crippen molar-refractivity contribution in [1.29, 1.82) is 0 Å². The van der Waals surface area contributed by atoms with Crippen molar-refractivity contribution in [3.63, 3.8) is 0 Å². The molecule has 2 aliphatic rings. The molecule has 2 fully saturated rings. The SMILES string of the molecule is Cc1ccc(N2CCC[C@H](N(Cc3ccnc(C)c3)Cc3cn(C4CC4)c4cc(OCCO)c(F)cc4c3=O)C2)cn1.Cl. The van der Waals surface area contributed by atoms with E-state index < -0.39 is 5.82 Å². The van der Waals surface area contributed by atoms with Gasteiger partial charge < -0.3 is 19.3 Å². The number of rotatable bonds is 10. The Labute approximate surface area is 257 Å². The Morgan fingerprint density at radius 2 is 1.91 bits per heavy atom. The molecule has 10 heteroatoms. The van der Waals surface area contributed by atoms with Gasteiger partial charge in [-0.25, -0.2) is 4.39 Å². The van der Waals surface area contributed by atoms with Gasteiger partial charge in [0.25, 0.3) is 0 Å². The van der Waals surface area contributed by atoms with E-state index in [2.05, 4.69) is 36.5 Å². The lowest BCUT2D eigenvalue weighted by atomic mass is 10.0. The number of aliphatic hydroxyl groups is 1. The van der Waals surface area contributed by atoms with Crippen LogP contribution in [-0.2, 0) is 13.1 Å². The maximum Gasteiger partial charge on any atom is 0.193 e. The number of benzene rings is 1. The van der Waals surface area contributed by atoms with Crippen LogP contribution in [0.5, 0.6) is 5.75 Å². The van der Waals surface area contributed by atoms with Crippen LogP contribution in [0.4, 0.5) is 10.1 Å². The lowest BCUT2D eigenvalue weighted by Gasteiger charge is -2.40. The van der Waals surface area contributed by atoms with Gasteiger partial charge in [0.2, 0.25) is 0 Å². The van der Waals surface area contributed by atoms with E-state index in [9.17, 15) is 4.79 Å². The molecule has 3 aromatic heterocycles. The lowest BCUT2D eigenvalue weighted by molar-refractivity contribution is 0.158. The Bertz CT molecular complexity index is 1630. The van der Waals surface area contributed by atoms with Gasteiger partial charge in [0.05, 0.1) is 24.0 Å². The van der Waals surface area contributed by atoms with E-state index in [1.54, 1.807) is 6.07 Å². The number of piperidine rings is 1. The minimum Gasteiger partial charge on any atom is -0.488 e. The van der Waals surface area contributed by atoms with Crippen LogP contribution in [0.2, 0.25) is 0 Å². The molecule has 1 aliphatic heterocycles. The van der Waals surface area contributed by atoms with E-state index in [4.69, 9.17) is 9.84 Å². The first-order chi connectivity index (χ1) is 20.4. The minimum absolute atomic E-state index is 0. The van der Waals surface area contributed by atoms with E-state index in [0.717, 1.165) is 61.4 Å². The zero-order chi connectivity index (χ0) is 29.2. The second-order valence-electron chi connectivity index (χ2n) is 11.6. The first-order valence-electron chi connectivity index (χ1n) is 14.8. The van der Waals surface area contributed by atoms with Crippen molar-refractivity contribution in [2.45, 2.75) is 64.7 Å². The number of anilines is 1. The van der Waals surface area contributed by atoms with Gasteiger partial charge in [0, 0.05) is 79.1 Å². The monoisotopic (exact) mass is 607 g/mol. The molecule has 1 N–H and O–H groups in total. The highest BCUT2D eigenvalue weighted by molar-refractivity contribution is 5.85. The summed E-state index contributed by atoms with van der Waals surface area (Å²) >= 11 is 0. The summed E-state index contributed by atoms with van der Waals surface area (Å²) in [7, 11) is 0. The largest absolute Gasteiger partial charge is 0.488 e. The lowest BCUT2D eigenvalue weighted by Crippen LogP contribution is -2.48. The molecule has 1 saturated carbocycles. The molecule has 0 radical (unpaired) electrons. The highest BCUT2D eigenvalue weighted by Crippen LogP contribution is 2.38. The Balaban J connectivity index is 0.00000368. The zero-order valence-electron chi connectivity index (χ0n) is 24.7. The van der Waals surface area contributed by atoms with Crippen molar-refractivity contribution in [3.8, 4) is 5.75 Å². The fraction of sp³-hybridized carbons (Fsp3) is 0.424. The molecule has 1 saturated heterocycles. The summed E-state index contributed by atoms with van der Waals surface area (Å²) in [5.41, 5.74) is 5.40. The molecule has 4 aromatic rings. The second-order valence-corrected chi connectivity index (χ2v) is 11.6. The minimum atomic E-state index is -0.591. The molecule has 8 nitrogen and oxygen atoms in total. The van der Waals surface area contributed by atoms with Crippen LogP contribution < -0.4 is 15.1 Å². The van der Waals surface area contributed by atoms with E-state index in [-0.39, 0.29) is 48.9 Å². The van der Waals surface area contributed by atoms with Crippen molar-refractivity contribution in [3.05, 3.63) is 93.5 Å². The molecule has 4 heterocycles. The molecule has 0 bridgehead atoms. The van der Waals surface area contributed by atoms with Gasteiger partial charge in [0.15, 0.2) is 17.0 Å². The fourth-order valence-corrected chi connectivity index (χ4v) is 6.05. The van der Waals surface area contributed by atoms with Crippen LogP contribution in [0.1, 0.15) is 54.2 Å². The predicted octanol–water partition coefficient (Wildman–Crippen LogP) is 5.35. The summed E-state index contributed by atoms with van der Waals surface area (Å²) in [5, 5.41) is 9.52. The first kappa shape index (κ1) is 30.9. The highest BCUT2D eigenvalue weighted by atomic mass is 35.5. The van der Waals surface area contributed by atoms with E-state index in [1.165, 1.54) is 6.07 Å². The molecule has 0 amide bonds. The summed E-state index contributed by atoms with van der Waals surface area (Å²) in [6, 6.07) is 11.7. The number of ether oxygens (including phenoxy) is 1. The van der Waals surface area contributed by atoms with E-state index >= 15 is 4.39 Å². The number of halogens is 2. The topological polar surface area (TPSA) is 83.7 Å². The summed E-state index contributed by atoms with van der Waals surface area (Å²) in [4.78, 5) is 27.6.